The van der Waals surface area contributed by atoms with Gasteiger partial charge >= 0.3 is 13.2 Å². The summed E-state index contributed by atoms with van der Waals surface area (Å²) in [5.74, 6) is 1.09. The molecule has 0 aromatic heterocycles. The largest absolute Gasteiger partial charge is 0.413 e. The van der Waals surface area contributed by atoms with Crippen molar-refractivity contribution in [2.45, 2.75) is 31.7 Å². The van der Waals surface area contributed by atoms with E-state index in [4.69, 9.17) is 9.79 Å². The van der Waals surface area contributed by atoms with Gasteiger partial charge in [-0.2, -0.15) is 0 Å². The first-order valence-electron chi connectivity index (χ1n) is 4.83. The van der Waals surface area contributed by atoms with E-state index in [2.05, 4.69) is 5.32 Å². The van der Waals surface area contributed by atoms with Crippen LogP contribution < -0.4 is 5.32 Å². The number of amides is 1. The average Bonchev–Trinajstić information content (AvgIpc) is 2.62. The van der Waals surface area contributed by atoms with Crippen molar-refractivity contribution >= 4 is 13.2 Å². The van der Waals surface area contributed by atoms with Gasteiger partial charge in [-0.1, -0.05) is 6.42 Å². The van der Waals surface area contributed by atoms with Gasteiger partial charge in [0.15, 0.2) is 0 Å². The van der Waals surface area contributed by atoms with E-state index in [1.54, 1.807) is 0 Å². The molecule has 0 unspecified atom stereocenters. The Bertz CT molecular complexity index is 300. The summed E-state index contributed by atoms with van der Waals surface area (Å²) in [6.07, 6.45) is 4.27. The SMILES string of the molecule is O=C(N[C@H]1C[C@@H]2CC[C@H]1C2)P(=O)(O)O. The summed E-state index contributed by atoms with van der Waals surface area (Å²) in [7, 11) is -4.58. The van der Waals surface area contributed by atoms with Crippen molar-refractivity contribution in [2.75, 3.05) is 0 Å². The summed E-state index contributed by atoms with van der Waals surface area (Å²) in [6, 6.07) is -0.00567. The molecule has 80 valence electrons. The molecular weight excluding hydrogens is 205 g/mol. The van der Waals surface area contributed by atoms with E-state index in [0.717, 1.165) is 19.3 Å². The number of fused-ring (bicyclic) bond motifs is 2. The van der Waals surface area contributed by atoms with Gasteiger partial charge < -0.3 is 15.1 Å². The van der Waals surface area contributed by atoms with Gasteiger partial charge in [-0.3, -0.25) is 4.79 Å². The Kier molecular flexibility index (Phi) is 2.41. The zero-order valence-corrected chi connectivity index (χ0v) is 8.61. The molecule has 0 aromatic rings. The summed E-state index contributed by atoms with van der Waals surface area (Å²) in [5.41, 5.74) is -1.12. The summed E-state index contributed by atoms with van der Waals surface area (Å²) in [4.78, 5) is 28.3. The molecule has 5 nitrogen and oxygen atoms in total. The fourth-order valence-corrected chi connectivity index (χ4v) is 3.00. The molecule has 0 aliphatic heterocycles. The molecule has 2 fully saturated rings. The smallest absolute Gasteiger partial charge is 0.343 e. The summed E-state index contributed by atoms with van der Waals surface area (Å²) < 4.78 is 10.6. The maximum Gasteiger partial charge on any atom is 0.413 e. The first-order valence-corrected chi connectivity index (χ1v) is 6.44. The van der Waals surface area contributed by atoms with E-state index in [1.807, 2.05) is 0 Å². The van der Waals surface area contributed by atoms with E-state index >= 15 is 0 Å². The third-order valence-corrected chi connectivity index (χ3v) is 3.97. The highest BCUT2D eigenvalue weighted by atomic mass is 31.2. The maximum atomic E-state index is 11.0. The number of hydrogen-bond donors (Lipinski definition) is 3. The van der Waals surface area contributed by atoms with Gasteiger partial charge in [0.2, 0.25) is 0 Å². The van der Waals surface area contributed by atoms with Gasteiger partial charge in [0.05, 0.1) is 0 Å². The highest BCUT2D eigenvalue weighted by molar-refractivity contribution is 7.69. The monoisotopic (exact) mass is 219 g/mol. The molecule has 1 amide bonds. The number of hydrogen-bond acceptors (Lipinski definition) is 2. The van der Waals surface area contributed by atoms with Crippen LogP contribution >= 0.6 is 7.60 Å². The lowest BCUT2D eigenvalue weighted by molar-refractivity contribution is 0.239. The molecule has 0 spiro atoms. The predicted molar refractivity (Wildman–Crippen MR) is 49.8 cm³/mol. The minimum atomic E-state index is -4.58. The third kappa shape index (κ3) is 1.85. The van der Waals surface area contributed by atoms with Gasteiger partial charge in [-0.05, 0) is 31.1 Å². The van der Waals surface area contributed by atoms with Gasteiger partial charge in [0.25, 0.3) is 0 Å². The van der Waals surface area contributed by atoms with Crippen molar-refractivity contribution in [3.63, 3.8) is 0 Å². The molecule has 3 N–H and O–H groups in total. The lowest BCUT2D eigenvalue weighted by Crippen LogP contribution is -2.37. The van der Waals surface area contributed by atoms with Crippen LogP contribution in [0.3, 0.4) is 0 Å². The maximum absolute atomic E-state index is 11.0. The molecule has 0 radical (unpaired) electrons. The lowest BCUT2D eigenvalue weighted by atomic mass is 9.96. The molecule has 2 aliphatic rings. The molecule has 14 heavy (non-hydrogen) atoms. The Hall–Kier alpha value is -0.380. The second kappa shape index (κ2) is 3.33. The highest BCUT2D eigenvalue weighted by Crippen LogP contribution is 2.45. The minimum Gasteiger partial charge on any atom is -0.343 e. The highest BCUT2D eigenvalue weighted by Gasteiger charge is 2.41. The van der Waals surface area contributed by atoms with Crippen molar-refractivity contribution in [3.05, 3.63) is 0 Å². The van der Waals surface area contributed by atoms with Gasteiger partial charge in [-0.25, -0.2) is 4.57 Å². The first kappa shape index (κ1) is 10.1. The normalized spacial score (nSPS) is 36.0. The zero-order chi connectivity index (χ0) is 10.3. The number of rotatable bonds is 2. The van der Waals surface area contributed by atoms with E-state index in [1.165, 1.54) is 6.42 Å². The Morgan fingerprint density at radius 3 is 2.43 bits per heavy atom. The van der Waals surface area contributed by atoms with Gasteiger partial charge in [0, 0.05) is 6.04 Å². The van der Waals surface area contributed by atoms with E-state index in [0.29, 0.717) is 11.8 Å². The number of nitrogens with one attached hydrogen (secondary N) is 1. The van der Waals surface area contributed by atoms with Crippen LogP contribution in [-0.2, 0) is 4.57 Å². The molecule has 2 saturated carbocycles. The Labute approximate surface area is 82.0 Å². The topological polar surface area (TPSA) is 86.6 Å². The zero-order valence-electron chi connectivity index (χ0n) is 7.72. The minimum absolute atomic E-state index is 0.00567. The van der Waals surface area contributed by atoms with E-state index in [-0.39, 0.29) is 6.04 Å². The summed E-state index contributed by atoms with van der Waals surface area (Å²) in [5, 5.41) is 2.45. The molecular formula is C8H14NO4P. The van der Waals surface area contributed by atoms with Gasteiger partial charge in [0.1, 0.15) is 0 Å². The van der Waals surface area contributed by atoms with Crippen molar-refractivity contribution < 1.29 is 19.1 Å². The van der Waals surface area contributed by atoms with Crippen molar-refractivity contribution in [1.29, 1.82) is 0 Å². The summed E-state index contributed by atoms with van der Waals surface area (Å²) >= 11 is 0. The Morgan fingerprint density at radius 2 is 2.00 bits per heavy atom. The molecule has 6 heteroatoms. The molecule has 0 saturated heterocycles. The molecule has 2 rings (SSSR count). The average molecular weight is 219 g/mol. The summed E-state index contributed by atoms with van der Waals surface area (Å²) in [6.45, 7) is 0. The molecule has 2 aliphatic carbocycles. The van der Waals surface area contributed by atoms with Crippen LogP contribution in [-0.4, -0.2) is 21.5 Å². The Morgan fingerprint density at radius 1 is 1.29 bits per heavy atom. The molecule has 3 atom stereocenters. The molecule has 2 bridgehead atoms. The van der Waals surface area contributed by atoms with Crippen LogP contribution in [0.25, 0.3) is 0 Å². The first-order chi connectivity index (χ1) is 6.47. The van der Waals surface area contributed by atoms with Gasteiger partial charge in [-0.15, -0.1) is 0 Å². The fourth-order valence-electron chi connectivity index (χ4n) is 2.66. The van der Waals surface area contributed by atoms with E-state index in [9.17, 15) is 9.36 Å². The Balaban J connectivity index is 1.93. The number of carbonyl (C=O) groups excluding carboxylic acids is 1. The van der Waals surface area contributed by atoms with Crippen LogP contribution in [0, 0.1) is 11.8 Å². The standard InChI is InChI=1S/C8H14NO4P/c10-8(14(11,12)13)9-7-4-5-1-2-6(7)3-5/h5-7H,1-4H2,(H,9,10)(H2,11,12,13)/t5-,6+,7+/m1/s1. The van der Waals surface area contributed by atoms with Crippen molar-refractivity contribution in [2.24, 2.45) is 11.8 Å². The van der Waals surface area contributed by atoms with Crippen LogP contribution in [0.15, 0.2) is 0 Å². The van der Waals surface area contributed by atoms with Crippen LogP contribution in [0.4, 0.5) is 4.79 Å². The van der Waals surface area contributed by atoms with Crippen molar-refractivity contribution in [3.8, 4) is 0 Å². The third-order valence-electron chi connectivity index (χ3n) is 3.31. The quantitative estimate of drug-likeness (QED) is 0.606. The van der Waals surface area contributed by atoms with Crippen LogP contribution in [0.1, 0.15) is 25.7 Å². The molecule has 0 aromatic carbocycles. The second-order valence-corrected chi connectivity index (χ2v) is 5.77. The van der Waals surface area contributed by atoms with E-state index < -0.39 is 13.2 Å². The number of carbonyl (C=O) groups is 1. The van der Waals surface area contributed by atoms with Crippen molar-refractivity contribution in [1.82, 2.24) is 5.32 Å². The predicted octanol–water partition coefficient (Wildman–Crippen LogP) is 1.06. The fraction of sp³-hybridized carbons (Fsp3) is 0.875. The van der Waals surface area contributed by atoms with Crippen LogP contribution in [0.5, 0.6) is 0 Å². The molecule has 0 heterocycles. The van der Waals surface area contributed by atoms with Crippen LogP contribution in [0.2, 0.25) is 0 Å². The lowest BCUT2D eigenvalue weighted by Gasteiger charge is -2.22. The second-order valence-electron chi connectivity index (χ2n) is 4.27.